The minimum Gasteiger partial charge on any atom is -0.318 e. The third-order valence-corrected chi connectivity index (χ3v) is 5.00. The molecular formula is C22H18ClN3O2. The van der Waals surface area contributed by atoms with Crippen molar-refractivity contribution in [2.75, 3.05) is 4.90 Å². The van der Waals surface area contributed by atoms with Gasteiger partial charge in [0.25, 0.3) is 5.91 Å². The van der Waals surface area contributed by atoms with Gasteiger partial charge in [0, 0.05) is 22.1 Å². The van der Waals surface area contributed by atoms with E-state index in [0.717, 1.165) is 27.5 Å². The van der Waals surface area contributed by atoms with Crippen LogP contribution >= 0.6 is 11.6 Å². The van der Waals surface area contributed by atoms with Gasteiger partial charge in [0.1, 0.15) is 5.70 Å². The lowest BCUT2D eigenvalue weighted by molar-refractivity contribution is -0.113. The molecule has 5 nitrogen and oxygen atoms in total. The van der Waals surface area contributed by atoms with E-state index in [1.807, 2.05) is 50.2 Å². The predicted molar refractivity (Wildman–Crippen MR) is 111 cm³/mol. The van der Waals surface area contributed by atoms with Gasteiger partial charge in [0.2, 0.25) is 0 Å². The zero-order chi connectivity index (χ0) is 19.8. The van der Waals surface area contributed by atoms with Gasteiger partial charge < -0.3 is 9.88 Å². The Hall–Kier alpha value is -3.31. The van der Waals surface area contributed by atoms with Gasteiger partial charge >= 0.3 is 6.03 Å². The van der Waals surface area contributed by atoms with Crippen LogP contribution in [-0.2, 0) is 4.79 Å². The maximum atomic E-state index is 12.8. The van der Waals surface area contributed by atoms with E-state index in [-0.39, 0.29) is 5.70 Å². The fourth-order valence-electron chi connectivity index (χ4n) is 3.42. The number of aryl methyl sites for hydroxylation is 1. The van der Waals surface area contributed by atoms with Gasteiger partial charge in [-0.15, -0.1) is 0 Å². The van der Waals surface area contributed by atoms with Crippen LogP contribution in [0.5, 0.6) is 0 Å². The number of hydrogen-bond acceptors (Lipinski definition) is 2. The molecule has 1 saturated heterocycles. The van der Waals surface area contributed by atoms with Crippen LogP contribution in [0, 0.1) is 13.8 Å². The SMILES string of the molecule is Cc1cc(/C=C2\NC(=O)N(c3ccc(Cl)cc3)C2=O)c(C)n1-c1ccccc1. The summed E-state index contributed by atoms with van der Waals surface area (Å²) in [5.74, 6) is -0.392. The lowest BCUT2D eigenvalue weighted by Crippen LogP contribution is -2.30. The number of nitrogens with zero attached hydrogens (tertiary/aromatic N) is 2. The summed E-state index contributed by atoms with van der Waals surface area (Å²) in [4.78, 5) is 26.3. The van der Waals surface area contributed by atoms with E-state index < -0.39 is 11.9 Å². The van der Waals surface area contributed by atoms with E-state index in [4.69, 9.17) is 11.6 Å². The monoisotopic (exact) mass is 391 g/mol. The minimum atomic E-state index is -0.476. The molecule has 3 aromatic rings. The summed E-state index contributed by atoms with van der Waals surface area (Å²) >= 11 is 5.89. The first-order valence-corrected chi connectivity index (χ1v) is 9.20. The van der Waals surface area contributed by atoms with Gasteiger partial charge in [-0.1, -0.05) is 29.8 Å². The standard InChI is InChI=1S/C22H18ClN3O2/c1-14-12-16(15(2)25(14)18-6-4-3-5-7-18)13-20-21(27)26(22(28)24-20)19-10-8-17(23)9-11-19/h3-13H,1-2H3,(H,24,28)/b20-13-. The molecule has 0 radical (unpaired) electrons. The number of benzene rings is 2. The number of halogens is 1. The Morgan fingerprint density at radius 3 is 2.29 bits per heavy atom. The second-order valence-corrected chi connectivity index (χ2v) is 7.04. The number of rotatable bonds is 3. The first kappa shape index (κ1) is 18.1. The molecule has 1 aromatic heterocycles. The van der Waals surface area contributed by atoms with Gasteiger partial charge in [0.05, 0.1) is 5.69 Å². The number of hydrogen-bond donors (Lipinski definition) is 1. The molecule has 0 saturated carbocycles. The second-order valence-electron chi connectivity index (χ2n) is 6.60. The molecule has 28 heavy (non-hydrogen) atoms. The van der Waals surface area contributed by atoms with Crippen molar-refractivity contribution in [1.29, 1.82) is 0 Å². The first-order valence-electron chi connectivity index (χ1n) is 8.83. The Morgan fingerprint density at radius 2 is 1.61 bits per heavy atom. The summed E-state index contributed by atoms with van der Waals surface area (Å²) in [5.41, 5.74) is 4.68. The molecule has 1 N–H and O–H groups in total. The van der Waals surface area contributed by atoms with E-state index >= 15 is 0 Å². The van der Waals surface area contributed by atoms with Gasteiger partial charge in [0.15, 0.2) is 0 Å². The van der Waals surface area contributed by atoms with Crippen molar-refractivity contribution in [2.45, 2.75) is 13.8 Å². The van der Waals surface area contributed by atoms with Crippen molar-refractivity contribution in [1.82, 2.24) is 9.88 Å². The van der Waals surface area contributed by atoms with Crippen LogP contribution in [0.15, 0.2) is 66.4 Å². The summed E-state index contributed by atoms with van der Waals surface area (Å²) in [6.07, 6.45) is 1.72. The number of para-hydroxylation sites is 1. The Kier molecular flexibility index (Phi) is 4.53. The lowest BCUT2D eigenvalue weighted by atomic mass is 10.2. The Bertz CT molecular complexity index is 1100. The van der Waals surface area contributed by atoms with Crippen molar-refractivity contribution in [2.24, 2.45) is 0 Å². The summed E-state index contributed by atoms with van der Waals surface area (Å²) in [5, 5.41) is 3.21. The largest absolute Gasteiger partial charge is 0.333 e. The van der Waals surface area contributed by atoms with Crippen LogP contribution in [0.3, 0.4) is 0 Å². The maximum absolute atomic E-state index is 12.8. The number of anilines is 1. The van der Waals surface area contributed by atoms with Crippen LogP contribution in [0.25, 0.3) is 11.8 Å². The molecule has 1 fully saturated rings. The normalized spacial score (nSPS) is 15.4. The third-order valence-electron chi connectivity index (χ3n) is 4.75. The highest BCUT2D eigenvalue weighted by Crippen LogP contribution is 2.26. The molecule has 2 heterocycles. The average molecular weight is 392 g/mol. The molecule has 6 heteroatoms. The lowest BCUT2D eigenvalue weighted by Gasteiger charge is -2.11. The molecule has 140 valence electrons. The molecule has 0 unspecified atom stereocenters. The number of aromatic nitrogens is 1. The van der Waals surface area contributed by atoms with Crippen molar-refractivity contribution in [3.8, 4) is 5.69 Å². The zero-order valence-corrected chi connectivity index (χ0v) is 16.2. The van der Waals surface area contributed by atoms with Crippen LogP contribution in [0.1, 0.15) is 17.0 Å². The molecule has 0 spiro atoms. The predicted octanol–water partition coefficient (Wildman–Crippen LogP) is 4.84. The molecule has 1 aliphatic rings. The topological polar surface area (TPSA) is 54.3 Å². The minimum absolute atomic E-state index is 0.244. The van der Waals surface area contributed by atoms with Gasteiger partial charge in [-0.2, -0.15) is 0 Å². The highest BCUT2D eigenvalue weighted by molar-refractivity contribution is 6.31. The molecule has 1 aliphatic heterocycles. The molecule has 2 aromatic carbocycles. The van der Waals surface area contributed by atoms with E-state index in [1.165, 1.54) is 0 Å². The first-order chi connectivity index (χ1) is 13.5. The van der Waals surface area contributed by atoms with E-state index in [2.05, 4.69) is 9.88 Å². The van der Waals surface area contributed by atoms with Crippen LogP contribution in [-0.4, -0.2) is 16.5 Å². The Morgan fingerprint density at radius 1 is 0.929 bits per heavy atom. The Labute approximate surface area is 167 Å². The quantitative estimate of drug-likeness (QED) is 0.512. The number of imide groups is 1. The highest BCUT2D eigenvalue weighted by Gasteiger charge is 2.35. The second kappa shape index (κ2) is 7.02. The number of carbonyl (C=O) groups is 2. The highest BCUT2D eigenvalue weighted by atomic mass is 35.5. The van der Waals surface area contributed by atoms with E-state index in [9.17, 15) is 9.59 Å². The van der Waals surface area contributed by atoms with Crippen LogP contribution < -0.4 is 10.2 Å². The fraction of sp³-hybridized carbons (Fsp3) is 0.0909. The van der Waals surface area contributed by atoms with Crippen molar-refractivity contribution in [3.63, 3.8) is 0 Å². The summed E-state index contributed by atoms with van der Waals surface area (Å²) in [6.45, 7) is 4.00. The smallest absolute Gasteiger partial charge is 0.318 e. The molecule has 4 rings (SSSR count). The van der Waals surface area contributed by atoms with Gasteiger partial charge in [-0.25, -0.2) is 9.69 Å². The summed E-state index contributed by atoms with van der Waals surface area (Å²) in [7, 11) is 0. The number of nitrogens with one attached hydrogen (secondary N) is 1. The van der Waals surface area contributed by atoms with E-state index in [1.54, 1.807) is 30.3 Å². The molecule has 0 atom stereocenters. The van der Waals surface area contributed by atoms with Crippen LogP contribution in [0.2, 0.25) is 5.02 Å². The Balaban J connectivity index is 1.70. The van der Waals surface area contributed by atoms with Gasteiger partial charge in [-0.3, -0.25) is 4.79 Å². The van der Waals surface area contributed by atoms with Gasteiger partial charge in [-0.05, 0) is 68.0 Å². The average Bonchev–Trinajstić information content (AvgIpc) is 3.12. The van der Waals surface area contributed by atoms with Crippen molar-refractivity contribution < 1.29 is 9.59 Å². The van der Waals surface area contributed by atoms with E-state index in [0.29, 0.717) is 10.7 Å². The summed E-state index contributed by atoms with van der Waals surface area (Å²) in [6, 6.07) is 18.1. The molecule has 3 amide bonds. The van der Waals surface area contributed by atoms with Crippen molar-refractivity contribution in [3.05, 3.63) is 88.3 Å². The maximum Gasteiger partial charge on any atom is 0.333 e. The molecule has 0 aliphatic carbocycles. The van der Waals surface area contributed by atoms with Crippen LogP contribution in [0.4, 0.5) is 10.5 Å². The van der Waals surface area contributed by atoms with Crippen molar-refractivity contribution >= 4 is 35.3 Å². The third kappa shape index (κ3) is 3.10. The number of amides is 3. The fourth-order valence-corrected chi connectivity index (χ4v) is 3.55. The molecular weight excluding hydrogens is 374 g/mol. The zero-order valence-electron chi connectivity index (χ0n) is 15.4. The number of urea groups is 1. The molecule has 0 bridgehead atoms. The number of carbonyl (C=O) groups excluding carboxylic acids is 2. The summed E-state index contributed by atoms with van der Waals surface area (Å²) < 4.78 is 2.12.